The van der Waals surface area contributed by atoms with Crippen LogP contribution >= 0.6 is 11.6 Å². The van der Waals surface area contributed by atoms with Crippen LogP contribution < -0.4 is 5.32 Å². The molecule has 0 aromatic rings. The molecule has 1 N–H and O–H groups in total. The minimum absolute atomic E-state index is 0.610. The molecule has 1 atom stereocenters. The highest BCUT2D eigenvalue weighted by atomic mass is 35.5. The van der Waals surface area contributed by atoms with E-state index in [9.17, 15) is 0 Å². The Morgan fingerprint density at radius 1 is 1.73 bits per heavy atom. The summed E-state index contributed by atoms with van der Waals surface area (Å²) in [5, 5.41) is 4.06. The molecule has 0 spiro atoms. The van der Waals surface area contributed by atoms with Gasteiger partial charge < -0.3 is 5.32 Å². The second-order valence-corrected chi connectivity index (χ2v) is 3.91. The maximum atomic E-state index is 5.63. The van der Waals surface area contributed by atoms with Crippen LogP contribution in [0.25, 0.3) is 0 Å². The van der Waals surface area contributed by atoms with Gasteiger partial charge in [-0.1, -0.05) is 24.6 Å². The zero-order valence-corrected chi connectivity index (χ0v) is 7.82. The van der Waals surface area contributed by atoms with Crippen molar-refractivity contribution in [3.63, 3.8) is 0 Å². The van der Waals surface area contributed by atoms with Crippen molar-refractivity contribution in [1.29, 1.82) is 0 Å². The first-order valence-corrected chi connectivity index (χ1v) is 4.64. The molecule has 0 bridgehead atoms. The second-order valence-electron chi connectivity index (χ2n) is 3.38. The van der Waals surface area contributed by atoms with Gasteiger partial charge >= 0.3 is 0 Å². The van der Waals surface area contributed by atoms with Gasteiger partial charge in [-0.2, -0.15) is 0 Å². The van der Waals surface area contributed by atoms with Crippen LogP contribution in [0.4, 0.5) is 0 Å². The van der Waals surface area contributed by atoms with Crippen LogP contribution in [-0.2, 0) is 0 Å². The molecule has 1 aliphatic rings. The zero-order valence-electron chi connectivity index (χ0n) is 7.07. The number of halogens is 1. The molecule has 0 saturated heterocycles. The summed E-state index contributed by atoms with van der Waals surface area (Å²) in [4.78, 5) is 0. The van der Waals surface area contributed by atoms with Crippen LogP contribution in [0.3, 0.4) is 0 Å². The smallest absolute Gasteiger partial charge is 0.0310 e. The molecule has 0 heterocycles. The predicted octanol–water partition coefficient (Wildman–Crippen LogP) is 2.52. The van der Waals surface area contributed by atoms with Crippen LogP contribution in [0.1, 0.15) is 26.2 Å². The molecule has 1 rings (SSSR count). The average molecular weight is 174 g/mol. The fourth-order valence-electron chi connectivity index (χ4n) is 1.38. The fraction of sp³-hybridized carbons (Fsp3) is 0.778. The number of hydrogen-bond donors (Lipinski definition) is 1. The molecule has 1 aliphatic carbocycles. The molecule has 64 valence electrons. The Morgan fingerprint density at radius 3 is 2.73 bits per heavy atom. The Bertz CT molecular complexity index is 140. The summed E-state index contributed by atoms with van der Waals surface area (Å²) < 4.78 is 0. The lowest BCUT2D eigenvalue weighted by Crippen LogP contribution is -2.37. The first-order valence-electron chi connectivity index (χ1n) is 4.27. The van der Waals surface area contributed by atoms with Crippen molar-refractivity contribution in [2.45, 2.75) is 32.2 Å². The van der Waals surface area contributed by atoms with Gasteiger partial charge in [0, 0.05) is 17.6 Å². The van der Waals surface area contributed by atoms with Crippen molar-refractivity contribution in [2.75, 3.05) is 6.54 Å². The van der Waals surface area contributed by atoms with Crippen LogP contribution in [0, 0.1) is 5.92 Å². The van der Waals surface area contributed by atoms with E-state index in [-0.39, 0.29) is 0 Å². The van der Waals surface area contributed by atoms with Gasteiger partial charge in [0.25, 0.3) is 0 Å². The van der Waals surface area contributed by atoms with Crippen molar-refractivity contribution in [3.05, 3.63) is 11.6 Å². The van der Waals surface area contributed by atoms with Crippen molar-refractivity contribution in [2.24, 2.45) is 5.92 Å². The third-order valence-corrected chi connectivity index (χ3v) is 2.61. The van der Waals surface area contributed by atoms with Crippen LogP contribution in [0.2, 0.25) is 0 Å². The molecule has 0 aromatic carbocycles. The topological polar surface area (TPSA) is 12.0 Å². The highest BCUT2D eigenvalue weighted by Crippen LogP contribution is 2.29. The molecule has 0 radical (unpaired) electrons. The summed E-state index contributed by atoms with van der Waals surface area (Å²) in [5.74, 6) is 0.881. The van der Waals surface area contributed by atoms with Crippen LogP contribution in [0.5, 0.6) is 0 Å². The predicted molar refractivity (Wildman–Crippen MR) is 49.8 cm³/mol. The summed E-state index contributed by atoms with van der Waals surface area (Å²) in [6.07, 6.45) is 4.16. The maximum absolute atomic E-state index is 5.63. The third kappa shape index (κ3) is 2.84. The average Bonchev–Trinajstić information content (AvgIpc) is 1.79. The van der Waals surface area contributed by atoms with Crippen molar-refractivity contribution < 1.29 is 0 Å². The van der Waals surface area contributed by atoms with E-state index < -0.39 is 0 Å². The van der Waals surface area contributed by atoms with Gasteiger partial charge in [0.15, 0.2) is 0 Å². The van der Waals surface area contributed by atoms with Gasteiger partial charge in [0.05, 0.1) is 0 Å². The third-order valence-electron chi connectivity index (χ3n) is 2.47. The van der Waals surface area contributed by atoms with E-state index in [1.54, 1.807) is 0 Å². The van der Waals surface area contributed by atoms with Crippen molar-refractivity contribution in [1.82, 2.24) is 5.32 Å². The van der Waals surface area contributed by atoms with E-state index in [0.29, 0.717) is 11.1 Å². The van der Waals surface area contributed by atoms with Gasteiger partial charge in [-0.15, -0.1) is 0 Å². The molecular weight excluding hydrogens is 158 g/mol. The highest BCUT2D eigenvalue weighted by Gasteiger charge is 2.22. The fourth-order valence-corrected chi connectivity index (χ4v) is 1.46. The van der Waals surface area contributed by atoms with E-state index in [2.05, 4.69) is 18.8 Å². The van der Waals surface area contributed by atoms with E-state index in [0.717, 1.165) is 12.5 Å². The normalized spacial score (nSPS) is 20.9. The molecule has 0 aromatic heterocycles. The molecule has 2 heteroatoms. The first kappa shape index (κ1) is 9.08. The summed E-state index contributed by atoms with van der Waals surface area (Å²) >= 11 is 5.63. The van der Waals surface area contributed by atoms with E-state index in [1.807, 2.05) is 0 Å². The van der Waals surface area contributed by atoms with E-state index in [1.165, 1.54) is 19.3 Å². The standard InChI is InChI=1S/C9H16ClN/c1-7(10)6-11-8(2)9-4-3-5-9/h8-9,11H,1,3-6H2,2H3. The van der Waals surface area contributed by atoms with Crippen LogP contribution in [-0.4, -0.2) is 12.6 Å². The zero-order chi connectivity index (χ0) is 8.27. The minimum atomic E-state index is 0.610. The lowest BCUT2D eigenvalue weighted by atomic mass is 9.80. The quantitative estimate of drug-likeness (QED) is 0.689. The Hall–Kier alpha value is -0.0100. The summed E-state index contributed by atoms with van der Waals surface area (Å²) in [7, 11) is 0. The number of hydrogen-bond acceptors (Lipinski definition) is 1. The highest BCUT2D eigenvalue weighted by molar-refractivity contribution is 6.29. The van der Waals surface area contributed by atoms with E-state index >= 15 is 0 Å². The van der Waals surface area contributed by atoms with Gasteiger partial charge in [0.1, 0.15) is 0 Å². The van der Waals surface area contributed by atoms with Gasteiger partial charge in [-0.3, -0.25) is 0 Å². The molecule has 0 aliphatic heterocycles. The van der Waals surface area contributed by atoms with Gasteiger partial charge in [-0.05, 0) is 25.7 Å². The number of rotatable bonds is 4. The summed E-state index contributed by atoms with van der Waals surface area (Å²) in [5.41, 5.74) is 0. The lowest BCUT2D eigenvalue weighted by molar-refractivity contribution is 0.245. The Balaban J connectivity index is 2.09. The SMILES string of the molecule is C=C(Cl)CNC(C)C1CCC1. The van der Waals surface area contributed by atoms with Crippen LogP contribution in [0.15, 0.2) is 11.6 Å². The first-order chi connectivity index (χ1) is 5.20. The molecule has 1 unspecified atom stereocenters. The molecule has 1 nitrogen and oxygen atoms in total. The molecule has 1 fully saturated rings. The maximum Gasteiger partial charge on any atom is 0.0310 e. The largest absolute Gasteiger partial charge is 0.309 e. The molecule has 0 amide bonds. The molecular formula is C9H16ClN. The second kappa shape index (κ2) is 4.13. The Kier molecular flexibility index (Phi) is 3.41. The summed E-state index contributed by atoms with van der Waals surface area (Å²) in [6, 6.07) is 0.610. The summed E-state index contributed by atoms with van der Waals surface area (Å²) in [6.45, 7) is 6.61. The Morgan fingerprint density at radius 2 is 2.36 bits per heavy atom. The lowest BCUT2D eigenvalue weighted by Gasteiger charge is -2.31. The number of nitrogens with one attached hydrogen (secondary N) is 1. The van der Waals surface area contributed by atoms with Gasteiger partial charge in [0.2, 0.25) is 0 Å². The van der Waals surface area contributed by atoms with Crippen molar-refractivity contribution in [3.8, 4) is 0 Å². The minimum Gasteiger partial charge on any atom is -0.309 e. The van der Waals surface area contributed by atoms with E-state index in [4.69, 9.17) is 11.6 Å². The molecule has 1 saturated carbocycles. The molecule has 11 heavy (non-hydrogen) atoms. The monoisotopic (exact) mass is 173 g/mol. The Labute approximate surface area is 73.8 Å². The van der Waals surface area contributed by atoms with Gasteiger partial charge in [-0.25, -0.2) is 0 Å². The van der Waals surface area contributed by atoms with Crippen molar-refractivity contribution >= 4 is 11.6 Å².